The van der Waals surface area contributed by atoms with Gasteiger partial charge in [0.25, 0.3) is 11.8 Å². The summed E-state index contributed by atoms with van der Waals surface area (Å²) in [5.74, 6) is -1.55. The number of aromatic nitrogens is 1. The molecular weight excluding hydrogens is 596 g/mol. The van der Waals surface area contributed by atoms with E-state index >= 15 is 0 Å². The lowest BCUT2D eigenvalue weighted by atomic mass is 9.84. The molecule has 0 bridgehead atoms. The summed E-state index contributed by atoms with van der Waals surface area (Å²) in [6.45, 7) is 6.45. The van der Waals surface area contributed by atoms with Gasteiger partial charge in [0.15, 0.2) is 0 Å². The lowest BCUT2D eigenvalue weighted by Crippen LogP contribution is -2.44. The van der Waals surface area contributed by atoms with Crippen LogP contribution in [0.15, 0.2) is 84.9 Å². The van der Waals surface area contributed by atoms with Crippen molar-refractivity contribution < 1.29 is 23.9 Å². The number of amidine groups is 1. The second-order valence-corrected chi connectivity index (χ2v) is 12.0. The molecule has 4 aromatic rings. The van der Waals surface area contributed by atoms with Crippen LogP contribution in [0.1, 0.15) is 69.5 Å². The SMILES string of the molecule is COc1ccc(-c2ccc(C(=O)NC(CCN)C(C)(C)C)cc2C(=O)OCc2ccccc2)c(C(=O)Nc2ccc(C(=N)N)cc2)n1. The molecule has 0 aliphatic heterocycles. The Morgan fingerprint density at radius 3 is 2.17 bits per heavy atom. The van der Waals surface area contributed by atoms with Gasteiger partial charge in [0, 0.05) is 34.5 Å². The smallest absolute Gasteiger partial charge is 0.339 e. The fourth-order valence-electron chi connectivity index (χ4n) is 4.89. The lowest BCUT2D eigenvalue weighted by Gasteiger charge is -2.31. The summed E-state index contributed by atoms with van der Waals surface area (Å²) < 4.78 is 11.0. The van der Waals surface area contributed by atoms with Gasteiger partial charge in [0.05, 0.1) is 12.7 Å². The maximum Gasteiger partial charge on any atom is 0.339 e. The zero-order chi connectivity index (χ0) is 34.1. The number of methoxy groups -OCH3 is 1. The molecule has 1 heterocycles. The lowest BCUT2D eigenvalue weighted by molar-refractivity contribution is 0.0473. The highest BCUT2D eigenvalue weighted by atomic mass is 16.5. The van der Waals surface area contributed by atoms with E-state index in [2.05, 4.69) is 15.6 Å². The molecule has 47 heavy (non-hydrogen) atoms. The number of amides is 2. The van der Waals surface area contributed by atoms with Crippen molar-refractivity contribution in [2.75, 3.05) is 19.0 Å². The van der Waals surface area contributed by atoms with Crippen LogP contribution >= 0.6 is 0 Å². The molecule has 0 saturated carbocycles. The van der Waals surface area contributed by atoms with Crippen molar-refractivity contribution in [1.29, 1.82) is 5.41 Å². The fourth-order valence-corrected chi connectivity index (χ4v) is 4.89. The number of nitrogens with one attached hydrogen (secondary N) is 3. The van der Waals surface area contributed by atoms with Gasteiger partial charge in [0.1, 0.15) is 18.1 Å². The van der Waals surface area contributed by atoms with E-state index in [-0.39, 0.29) is 52.5 Å². The van der Waals surface area contributed by atoms with Gasteiger partial charge in [-0.15, -0.1) is 0 Å². The second-order valence-electron chi connectivity index (χ2n) is 12.0. The van der Waals surface area contributed by atoms with Gasteiger partial charge < -0.3 is 31.6 Å². The van der Waals surface area contributed by atoms with Crippen LogP contribution in [0.5, 0.6) is 5.88 Å². The van der Waals surface area contributed by atoms with Crippen molar-refractivity contribution in [3.05, 3.63) is 113 Å². The normalized spacial score (nSPS) is 11.7. The summed E-state index contributed by atoms with van der Waals surface area (Å²) in [7, 11) is 1.43. The first-order valence-corrected chi connectivity index (χ1v) is 15.1. The predicted molar refractivity (Wildman–Crippen MR) is 182 cm³/mol. The maximum atomic E-state index is 13.7. The van der Waals surface area contributed by atoms with Crippen molar-refractivity contribution in [3.63, 3.8) is 0 Å². The molecule has 0 aliphatic rings. The summed E-state index contributed by atoms with van der Waals surface area (Å²) in [4.78, 5) is 45.3. The highest BCUT2D eigenvalue weighted by Gasteiger charge is 2.28. The van der Waals surface area contributed by atoms with E-state index in [0.29, 0.717) is 35.3 Å². The van der Waals surface area contributed by atoms with Crippen LogP contribution in [-0.4, -0.2) is 48.3 Å². The summed E-state index contributed by atoms with van der Waals surface area (Å²) >= 11 is 0. The van der Waals surface area contributed by atoms with Crippen molar-refractivity contribution >= 4 is 29.3 Å². The first kappa shape index (κ1) is 34.3. The van der Waals surface area contributed by atoms with Gasteiger partial charge in [-0.3, -0.25) is 15.0 Å². The molecule has 3 aromatic carbocycles. The van der Waals surface area contributed by atoms with Crippen LogP contribution in [0, 0.1) is 10.8 Å². The quantitative estimate of drug-likeness (QED) is 0.0804. The number of carbonyl (C=O) groups is 3. The number of anilines is 1. The topological polar surface area (TPSA) is 183 Å². The molecule has 0 fully saturated rings. The molecule has 0 spiro atoms. The van der Waals surface area contributed by atoms with Gasteiger partial charge in [0.2, 0.25) is 5.88 Å². The van der Waals surface area contributed by atoms with E-state index in [0.717, 1.165) is 5.56 Å². The molecule has 0 saturated heterocycles. The van der Waals surface area contributed by atoms with Gasteiger partial charge in [-0.05, 0) is 72.0 Å². The van der Waals surface area contributed by atoms with Gasteiger partial charge in [-0.2, -0.15) is 0 Å². The van der Waals surface area contributed by atoms with E-state index in [4.69, 9.17) is 26.4 Å². The first-order chi connectivity index (χ1) is 22.4. The molecule has 1 aromatic heterocycles. The number of nitrogens with two attached hydrogens (primary N) is 2. The van der Waals surface area contributed by atoms with Crippen molar-refractivity contribution in [3.8, 4) is 17.0 Å². The molecule has 11 heteroatoms. The molecule has 0 radical (unpaired) electrons. The third kappa shape index (κ3) is 8.80. The number of hydrogen-bond acceptors (Lipinski definition) is 8. The molecule has 7 N–H and O–H groups in total. The number of esters is 1. The summed E-state index contributed by atoms with van der Waals surface area (Å²) in [6, 6.07) is 23.3. The number of rotatable bonds is 12. The minimum absolute atomic E-state index is 0.00258. The Bertz CT molecular complexity index is 1750. The van der Waals surface area contributed by atoms with Crippen LogP contribution in [0.4, 0.5) is 5.69 Å². The number of nitrogens with zero attached hydrogens (tertiary/aromatic N) is 1. The van der Waals surface area contributed by atoms with Crippen LogP contribution in [0.2, 0.25) is 0 Å². The number of benzene rings is 3. The van der Waals surface area contributed by atoms with Crippen molar-refractivity contribution in [1.82, 2.24) is 10.3 Å². The Morgan fingerprint density at radius 1 is 0.894 bits per heavy atom. The van der Waals surface area contributed by atoms with E-state index in [1.54, 1.807) is 48.5 Å². The van der Waals surface area contributed by atoms with E-state index in [9.17, 15) is 14.4 Å². The summed E-state index contributed by atoms with van der Waals surface area (Å²) in [5, 5.41) is 13.5. The number of pyridine rings is 1. The Balaban J connectivity index is 1.76. The van der Waals surface area contributed by atoms with Crippen LogP contribution in [0.25, 0.3) is 11.1 Å². The Labute approximate surface area is 274 Å². The minimum atomic E-state index is -0.685. The Kier molecular flexibility index (Phi) is 11.1. The zero-order valence-corrected chi connectivity index (χ0v) is 26.9. The highest BCUT2D eigenvalue weighted by molar-refractivity contribution is 6.10. The van der Waals surface area contributed by atoms with E-state index in [1.165, 1.54) is 13.2 Å². The number of carbonyl (C=O) groups excluding carboxylic acids is 3. The van der Waals surface area contributed by atoms with Gasteiger partial charge in [-0.1, -0.05) is 57.2 Å². The third-order valence-electron chi connectivity index (χ3n) is 7.56. The number of nitrogen functional groups attached to an aromatic ring is 1. The maximum absolute atomic E-state index is 13.7. The standard InChI is InChI=1S/C36H40N6O5/c1-36(2,3)29(18-19-37)41-33(43)24-12-15-26(28(20-24)35(45)47-21-22-8-6-5-7-9-22)27-16-17-30(46-4)42-31(27)34(44)40-25-13-10-23(11-14-25)32(38)39/h5-17,20,29H,18-19,21,37H2,1-4H3,(H3,38,39)(H,40,44)(H,41,43). The molecule has 244 valence electrons. The third-order valence-corrected chi connectivity index (χ3v) is 7.56. The number of ether oxygens (including phenoxy) is 2. The molecule has 1 atom stereocenters. The van der Waals surface area contributed by atoms with Crippen LogP contribution in [-0.2, 0) is 11.3 Å². The van der Waals surface area contributed by atoms with Crippen molar-refractivity contribution in [2.45, 2.75) is 39.8 Å². The Morgan fingerprint density at radius 2 is 1.55 bits per heavy atom. The molecule has 1 unspecified atom stereocenters. The molecule has 4 rings (SSSR count). The predicted octanol–water partition coefficient (Wildman–Crippen LogP) is 5.14. The first-order valence-electron chi connectivity index (χ1n) is 15.1. The molecular formula is C36H40N6O5. The highest BCUT2D eigenvalue weighted by Crippen LogP contribution is 2.31. The summed E-state index contributed by atoms with van der Waals surface area (Å²) in [5.41, 5.74) is 13.8. The molecule has 0 aliphatic carbocycles. The van der Waals surface area contributed by atoms with Gasteiger partial charge >= 0.3 is 5.97 Å². The summed E-state index contributed by atoms with van der Waals surface area (Å²) in [6.07, 6.45) is 0.576. The average molecular weight is 637 g/mol. The largest absolute Gasteiger partial charge is 0.481 e. The number of hydrogen-bond donors (Lipinski definition) is 5. The van der Waals surface area contributed by atoms with E-state index < -0.39 is 11.9 Å². The zero-order valence-electron chi connectivity index (χ0n) is 26.9. The van der Waals surface area contributed by atoms with E-state index in [1.807, 2.05) is 51.1 Å². The van der Waals surface area contributed by atoms with Crippen LogP contribution in [0.3, 0.4) is 0 Å². The van der Waals surface area contributed by atoms with Crippen LogP contribution < -0.4 is 26.8 Å². The van der Waals surface area contributed by atoms with Crippen molar-refractivity contribution in [2.24, 2.45) is 16.9 Å². The fraction of sp³-hybridized carbons (Fsp3) is 0.250. The molecule has 2 amide bonds. The average Bonchev–Trinajstić information content (AvgIpc) is 3.06. The monoisotopic (exact) mass is 636 g/mol. The molecule has 11 nitrogen and oxygen atoms in total. The van der Waals surface area contributed by atoms with Gasteiger partial charge in [-0.25, -0.2) is 9.78 Å². The minimum Gasteiger partial charge on any atom is -0.481 e. The Hall–Kier alpha value is -5.55. The second kappa shape index (κ2) is 15.2.